The molecule has 22 heavy (non-hydrogen) atoms. The molecule has 0 radical (unpaired) electrons. The van der Waals surface area contributed by atoms with Crippen LogP contribution in [0.25, 0.3) is 20.4 Å². The van der Waals surface area contributed by atoms with Crippen molar-refractivity contribution in [3.63, 3.8) is 0 Å². The molecule has 0 N–H and O–H groups in total. The molecule has 0 unspecified atom stereocenters. The zero-order valence-corrected chi connectivity index (χ0v) is 13.1. The molecule has 108 valence electrons. The van der Waals surface area contributed by atoms with Crippen LogP contribution in [0.15, 0.2) is 59.4 Å². The smallest absolute Gasteiger partial charge is 0.289 e. The highest BCUT2D eigenvalue weighted by Crippen LogP contribution is 2.32. The molecule has 0 bridgehead atoms. The molecule has 4 aromatic rings. The number of aromatic nitrogens is 2. The summed E-state index contributed by atoms with van der Waals surface area (Å²) in [7, 11) is 0. The predicted octanol–water partition coefficient (Wildman–Crippen LogP) is 4.31. The standard InChI is InChI=1S/C17H11ClN2OS/c18-15-17(21)20(10-11-6-2-1-3-7-11)14-12-8-4-5-9-13(12)22-16(14)19-15/h1-9H,10H2. The van der Waals surface area contributed by atoms with Crippen LogP contribution in [0.5, 0.6) is 0 Å². The SMILES string of the molecule is O=c1c(Cl)nc2sc3ccccc3c2n1Cc1ccccc1. The first kappa shape index (κ1) is 13.5. The lowest BCUT2D eigenvalue weighted by atomic mass is 10.2. The highest BCUT2D eigenvalue weighted by atomic mass is 35.5. The monoisotopic (exact) mass is 326 g/mol. The quantitative estimate of drug-likeness (QED) is 0.550. The Morgan fingerprint density at radius 1 is 1.05 bits per heavy atom. The predicted molar refractivity (Wildman–Crippen MR) is 91.9 cm³/mol. The van der Waals surface area contributed by atoms with E-state index in [0.29, 0.717) is 6.54 Å². The van der Waals surface area contributed by atoms with E-state index < -0.39 is 0 Å². The molecule has 2 aromatic carbocycles. The average Bonchev–Trinajstić information content (AvgIpc) is 2.90. The molecular formula is C17H11ClN2OS. The van der Waals surface area contributed by atoms with Crippen molar-refractivity contribution in [1.29, 1.82) is 0 Å². The van der Waals surface area contributed by atoms with Gasteiger partial charge in [0.15, 0.2) is 5.15 Å². The van der Waals surface area contributed by atoms with Crippen LogP contribution < -0.4 is 5.56 Å². The summed E-state index contributed by atoms with van der Waals surface area (Å²) in [6, 6.07) is 17.9. The second kappa shape index (κ2) is 5.23. The summed E-state index contributed by atoms with van der Waals surface area (Å²) >= 11 is 7.60. The number of hydrogen-bond donors (Lipinski definition) is 0. The van der Waals surface area contributed by atoms with E-state index in [1.54, 1.807) is 15.9 Å². The van der Waals surface area contributed by atoms with Gasteiger partial charge in [0.1, 0.15) is 4.83 Å². The van der Waals surface area contributed by atoms with E-state index in [9.17, 15) is 4.79 Å². The Balaban J connectivity index is 2.06. The van der Waals surface area contributed by atoms with Crippen molar-refractivity contribution in [3.8, 4) is 0 Å². The average molecular weight is 327 g/mol. The van der Waals surface area contributed by atoms with Crippen LogP contribution in [0, 0.1) is 0 Å². The Morgan fingerprint density at radius 2 is 1.77 bits per heavy atom. The molecule has 3 nitrogen and oxygen atoms in total. The first-order chi connectivity index (χ1) is 10.7. The first-order valence-corrected chi connectivity index (χ1v) is 8.05. The summed E-state index contributed by atoms with van der Waals surface area (Å²) in [6.07, 6.45) is 0. The van der Waals surface area contributed by atoms with E-state index in [0.717, 1.165) is 26.0 Å². The van der Waals surface area contributed by atoms with Crippen LogP contribution in [0.2, 0.25) is 5.15 Å². The Hall–Kier alpha value is -2.17. The van der Waals surface area contributed by atoms with E-state index in [1.165, 1.54) is 0 Å². The number of nitrogens with zero attached hydrogens (tertiary/aromatic N) is 2. The van der Waals surface area contributed by atoms with Crippen LogP contribution >= 0.6 is 22.9 Å². The Bertz CT molecular complexity index is 1040. The first-order valence-electron chi connectivity index (χ1n) is 6.85. The van der Waals surface area contributed by atoms with Gasteiger partial charge in [0, 0.05) is 10.1 Å². The molecule has 0 aliphatic heterocycles. The zero-order valence-electron chi connectivity index (χ0n) is 11.5. The molecule has 0 aliphatic carbocycles. The number of fused-ring (bicyclic) bond motifs is 3. The Kier molecular flexibility index (Phi) is 3.21. The second-order valence-corrected chi connectivity index (χ2v) is 6.42. The van der Waals surface area contributed by atoms with Gasteiger partial charge in [0.25, 0.3) is 5.56 Å². The lowest BCUT2D eigenvalue weighted by Crippen LogP contribution is -2.22. The summed E-state index contributed by atoms with van der Waals surface area (Å²) in [5.41, 5.74) is 1.67. The maximum Gasteiger partial charge on any atom is 0.289 e. The van der Waals surface area contributed by atoms with Crippen molar-refractivity contribution in [2.24, 2.45) is 0 Å². The highest BCUT2D eigenvalue weighted by Gasteiger charge is 2.15. The lowest BCUT2D eigenvalue weighted by molar-refractivity contribution is 0.791. The van der Waals surface area contributed by atoms with Gasteiger partial charge in [-0.2, -0.15) is 0 Å². The summed E-state index contributed by atoms with van der Waals surface area (Å²) in [5, 5.41) is 1.06. The van der Waals surface area contributed by atoms with Crippen LogP contribution in [-0.2, 0) is 6.54 Å². The Labute approximate surface area is 135 Å². The van der Waals surface area contributed by atoms with E-state index in [2.05, 4.69) is 4.98 Å². The number of halogens is 1. The maximum atomic E-state index is 12.5. The fraction of sp³-hybridized carbons (Fsp3) is 0.0588. The summed E-state index contributed by atoms with van der Waals surface area (Å²) < 4.78 is 2.83. The zero-order chi connectivity index (χ0) is 15.1. The van der Waals surface area contributed by atoms with E-state index in [1.807, 2.05) is 54.6 Å². The van der Waals surface area contributed by atoms with Gasteiger partial charge >= 0.3 is 0 Å². The van der Waals surface area contributed by atoms with E-state index >= 15 is 0 Å². The normalized spacial score (nSPS) is 11.3. The molecule has 2 aromatic heterocycles. The molecular weight excluding hydrogens is 316 g/mol. The molecule has 0 fully saturated rings. The second-order valence-electron chi connectivity index (χ2n) is 5.03. The van der Waals surface area contributed by atoms with Gasteiger partial charge in [-0.1, -0.05) is 60.1 Å². The van der Waals surface area contributed by atoms with Gasteiger partial charge in [-0.05, 0) is 11.6 Å². The van der Waals surface area contributed by atoms with Crippen LogP contribution in [-0.4, -0.2) is 9.55 Å². The molecule has 0 saturated carbocycles. The summed E-state index contributed by atoms with van der Waals surface area (Å²) in [4.78, 5) is 17.6. The third-order valence-corrected chi connectivity index (χ3v) is 4.93. The number of hydrogen-bond acceptors (Lipinski definition) is 3. The van der Waals surface area contributed by atoms with Gasteiger partial charge < -0.3 is 0 Å². The molecule has 2 heterocycles. The molecule has 4 rings (SSSR count). The third-order valence-electron chi connectivity index (χ3n) is 3.63. The molecule has 0 amide bonds. The van der Waals surface area contributed by atoms with Crippen LogP contribution in [0.3, 0.4) is 0 Å². The third kappa shape index (κ3) is 2.12. The summed E-state index contributed by atoms with van der Waals surface area (Å²) in [5.74, 6) is 0. The minimum atomic E-state index is -0.249. The minimum Gasteiger partial charge on any atom is -0.298 e. The number of thiophene rings is 1. The summed E-state index contributed by atoms with van der Waals surface area (Å²) in [6.45, 7) is 0.485. The highest BCUT2D eigenvalue weighted by molar-refractivity contribution is 7.25. The van der Waals surface area contributed by atoms with Gasteiger partial charge in [-0.15, -0.1) is 11.3 Å². The van der Waals surface area contributed by atoms with Crippen molar-refractivity contribution in [3.05, 3.63) is 75.7 Å². The van der Waals surface area contributed by atoms with Crippen molar-refractivity contribution < 1.29 is 0 Å². The van der Waals surface area contributed by atoms with E-state index in [4.69, 9.17) is 11.6 Å². The van der Waals surface area contributed by atoms with Gasteiger partial charge in [0.2, 0.25) is 0 Å². The van der Waals surface area contributed by atoms with Crippen molar-refractivity contribution in [2.75, 3.05) is 0 Å². The molecule has 0 atom stereocenters. The molecule has 0 saturated heterocycles. The van der Waals surface area contributed by atoms with Crippen molar-refractivity contribution in [1.82, 2.24) is 9.55 Å². The van der Waals surface area contributed by atoms with Crippen molar-refractivity contribution in [2.45, 2.75) is 6.54 Å². The largest absolute Gasteiger partial charge is 0.298 e. The molecule has 5 heteroatoms. The lowest BCUT2D eigenvalue weighted by Gasteiger charge is -2.08. The molecule has 0 aliphatic rings. The maximum absolute atomic E-state index is 12.5. The molecule has 0 spiro atoms. The Morgan fingerprint density at radius 3 is 2.59 bits per heavy atom. The van der Waals surface area contributed by atoms with Gasteiger partial charge in [0.05, 0.1) is 12.1 Å². The van der Waals surface area contributed by atoms with Gasteiger partial charge in [-0.25, -0.2) is 4.98 Å². The van der Waals surface area contributed by atoms with Crippen LogP contribution in [0.1, 0.15) is 5.56 Å². The van der Waals surface area contributed by atoms with E-state index in [-0.39, 0.29) is 10.7 Å². The minimum absolute atomic E-state index is 0.0231. The van der Waals surface area contributed by atoms with Crippen LogP contribution in [0.4, 0.5) is 0 Å². The van der Waals surface area contributed by atoms with Gasteiger partial charge in [-0.3, -0.25) is 9.36 Å². The fourth-order valence-corrected chi connectivity index (χ4v) is 3.94. The van der Waals surface area contributed by atoms with Crippen molar-refractivity contribution >= 4 is 43.4 Å². The number of rotatable bonds is 2. The fourth-order valence-electron chi connectivity index (χ4n) is 2.62. The topological polar surface area (TPSA) is 34.9 Å². The number of benzene rings is 2.